The molecule has 2 aromatic carbocycles. The summed E-state index contributed by atoms with van der Waals surface area (Å²) < 4.78 is 9.92. The van der Waals surface area contributed by atoms with Crippen molar-refractivity contribution in [2.45, 2.75) is 45.8 Å². The van der Waals surface area contributed by atoms with Gasteiger partial charge in [0.15, 0.2) is 6.79 Å². The molecule has 0 spiro atoms. The van der Waals surface area contributed by atoms with E-state index in [0.29, 0.717) is 30.7 Å². The lowest BCUT2D eigenvalue weighted by Crippen LogP contribution is -2.62. The van der Waals surface area contributed by atoms with Gasteiger partial charge >= 0.3 is 0 Å². The van der Waals surface area contributed by atoms with Crippen molar-refractivity contribution in [3.63, 3.8) is 0 Å². The first-order valence-corrected chi connectivity index (χ1v) is 11.2. The summed E-state index contributed by atoms with van der Waals surface area (Å²) in [4.78, 5) is 31.1. The number of aryl methyl sites for hydroxylation is 2. The summed E-state index contributed by atoms with van der Waals surface area (Å²) in [5, 5.41) is 15.2. The summed E-state index contributed by atoms with van der Waals surface area (Å²) in [7, 11) is 1.55. The summed E-state index contributed by atoms with van der Waals surface area (Å²) in [5.41, 5.74) is 3.02. The Kier molecular flexibility index (Phi) is 8.43. The van der Waals surface area contributed by atoms with E-state index in [1.54, 1.807) is 19.2 Å². The highest BCUT2D eigenvalue weighted by Gasteiger charge is 2.39. The average molecular weight is 457 g/mol. The van der Waals surface area contributed by atoms with Gasteiger partial charge in [-0.25, -0.2) is 0 Å². The second-order valence-electron chi connectivity index (χ2n) is 8.48. The molecule has 1 heterocycles. The van der Waals surface area contributed by atoms with Gasteiger partial charge in [-0.3, -0.25) is 4.79 Å². The molecule has 1 N–H and O–H groups in total. The first-order valence-electron chi connectivity index (χ1n) is 11.2. The Morgan fingerprint density at radius 3 is 2.45 bits per heavy atom. The van der Waals surface area contributed by atoms with Gasteiger partial charge in [-0.1, -0.05) is 30.3 Å². The van der Waals surface area contributed by atoms with Crippen LogP contribution in [0, 0.1) is 13.8 Å². The molecule has 178 valence electrons. The van der Waals surface area contributed by atoms with Crippen LogP contribution >= 0.6 is 0 Å². The van der Waals surface area contributed by atoms with Crippen molar-refractivity contribution in [1.29, 1.82) is 0 Å². The minimum Gasteiger partial charge on any atom is -0.496 e. The van der Waals surface area contributed by atoms with Crippen LogP contribution in [0.5, 0.6) is 5.75 Å². The molecule has 2 atom stereocenters. The van der Waals surface area contributed by atoms with Crippen molar-refractivity contribution in [3.05, 3.63) is 64.7 Å². The maximum Gasteiger partial charge on any atom is 0.292 e. The SMILES string of the molecule is COCOc1c(C)cc(C(=O)NC2CCCC[N+](OCc3ccccc3)(C(=O)[O-])C2)cc1C. The van der Waals surface area contributed by atoms with Crippen LogP contribution in [-0.2, 0) is 16.2 Å². The Hall–Kier alpha value is -2.94. The fourth-order valence-electron chi connectivity index (χ4n) is 4.22. The molecule has 2 unspecified atom stereocenters. The standard InChI is InChI=1S/C25H32N2O6/c1-18-13-21(14-19(2)23(18)32-17-31-3)24(28)26-22-11-7-8-12-27(15-22,25(29)30)33-16-20-9-5-4-6-10-20/h4-6,9-10,13-14,22H,7-8,11-12,15-17H2,1-3H3,(H-,26,28,29,30). The number of ether oxygens (including phenoxy) is 2. The third-order valence-corrected chi connectivity index (χ3v) is 5.87. The smallest absolute Gasteiger partial charge is 0.292 e. The van der Waals surface area contributed by atoms with Gasteiger partial charge in [-0.05, 0) is 55.5 Å². The largest absolute Gasteiger partial charge is 0.496 e. The fourth-order valence-corrected chi connectivity index (χ4v) is 4.22. The molecule has 1 aliphatic rings. The highest BCUT2D eigenvalue weighted by Crippen LogP contribution is 2.26. The van der Waals surface area contributed by atoms with Crippen LogP contribution in [0.15, 0.2) is 42.5 Å². The number of carbonyl (C=O) groups excluding carboxylic acids is 2. The first kappa shape index (κ1) is 24.7. The predicted molar refractivity (Wildman–Crippen MR) is 120 cm³/mol. The van der Waals surface area contributed by atoms with Gasteiger partial charge in [0.05, 0.1) is 6.04 Å². The third kappa shape index (κ3) is 6.31. The predicted octanol–water partition coefficient (Wildman–Crippen LogP) is 2.86. The number of amides is 2. The highest BCUT2D eigenvalue weighted by atomic mass is 16.7. The number of methoxy groups -OCH3 is 1. The molecule has 0 bridgehead atoms. The molecule has 0 aromatic heterocycles. The summed E-state index contributed by atoms with van der Waals surface area (Å²) in [6, 6.07) is 12.6. The van der Waals surface area contributed by atoms with Crippen LogP contribution in [0.1, 0.15) is 46.3 Å². The summed E-state index contributed by atoms with van der Waals surface area (Å²) in [5.74, 6) is 0.427. The minimum atomic E-state index is -1.29. The van der Waals surface area contributed by atoms with Crippen molar-refractivity contribution < 1.29 is 33.7 Å². The first-order chi connectivity index (χ1) is 15.8. The fraction of sp³-hybridized carbons (Fsp3) is 0.440. The molecular formula is C25H32N2O6. The second kappa shape index (κ2) is 11.3. The number of nitrogens with zero attached hydrogens (tertiary/aromatic N) is 1. The molecule has 1 fully saturated rings. The van der Waals surface area contributed by atoms with E-state index in [1.807, 2.05) is 44.2 Å². The Morgan fingerprint density at radius 1 is 1.12 bits per heavy atom. The normalized spacial score (nSPS) is 20.6. The second-order valence-corrected chi connectivity index (χ2v) is 8.48. The van der Waals surface area contributed by atoms with Crippen LogP contribution in [0.25, 0.3) is 0 Å². The zero-order chi connectivity index (χ0) is 23.8. The van der Waals surface area contributed by atoms with E-state index in [4.69, 9.17) is 14.3 Å². The molecule has 0 saturated carbocycles. The van der Waals surface area contributed by atoms with Crippen LogP contribution in [0.4, 0.5) is 4.79 Å². The number of quaternary nitrogens is 1. The van der Waals surface area contributed by atoms with E-state index < -0.39 is 10.7 Å². The molecule has 3 rings (SSSR count). The van der Waals surface area contributed by atoms with Gasteiger partial charge in [-0.15, -0.1) is 4.65 Å². The molecule has 0 radical (unpaired) electrons. The van der Waals surface area contributed by atoms with E-state index in [0.717, 1.165) is 23.1 Å². The quantitative estimate of drug-likeness (QED) is 0.485. The van der Waals surface area contributed by atoms with Gasteiger partial charge in [0.2, 0.25) is 0 Å². The number of hydrogen-bond donors (Lipinski definition) is 1. The number of benzene rings is 2. The number of likely N-dealkylation sites (tertiary alicyclic amines) is 1. The number of hydroxylamine groups is 3. The lowest BCUT2D eigenvalue weighted by atomic mass is 10.0. The zero-order valence-corrected chi connectivity index (χ0v) is 19.5. The van der Waals surface area contributed by atoms with Crippen molar-refractivity contribution in [2.24, 2.45) is 0 Å². The van der Waals surface area contributed by atoms with Gasteiger partial charge in [0.1, 0.15) is 25.4 Å². The van der Waals surface area contributed by atoms with Crippen LogP contribution in [0.2, 0.25) is 0 Å². The number of carboxylic acid groups (broad SMARTS) is 1. The lowest BCUT2D eigenvalue weighted by Gasteiger charge is -2.35. The molecule has 2 amide bonds. The zero-order valence-electron chi connectivity index (χ0n) is 19.5. The van der Waals surface area contributed by atoms with Gasteiger partial charge in [0, 0.05) is 19.1 Å². The number of nitrogens with one attached hydrogen (secondary N) is 1. The van der Waals surface area contributed by atoms with E-state index in [2.05, 4.69) is 5.32 Å². The van der Waals surface area contributed by atoms with Crippen LogP contribution < -0.4 is 15.2 Å². The van der Waals surface area contributed by atoms with Crippen molar-refractivity contribution in [2.75, 3.05) is 27.0 Å². The maximum absolute atomic E-state index is 13.0. The topological polar surface area (TPSA) is 96.9 Å². The van der Waals surface area contributed by atoms with E-state index in [9.17, 15) is 14.7 Å². The Morgan fingerprint density at radius 2 is 1.82 bits per heavy atom. The van der Waals surface area contributed by atoms with Crippen LogP contribution in [0.3, 0.4) is 0 Å². The number of carbonyl (C=O) groups is 2. The molecule has 8 nitrogen and oxygen atoms in total. The Bertz CT molecular complexity index is 942. The Labute approximate surface area is 194 Å². The Balaban J connectivity index is 1.73. The molecule has 2 aromatic rings. The van der Waals surface area contributed by atoms with E-state index in [-0.39, 0.29) is 31.9 Å². The van der Waals surface area contributed by atoms with E-state index in [1.165, 1.54) is 0 Å². The van der Waals surface area contributed by atoms with Gasteiger partial charge in [-0.2, -0.15) is 4.84 Å². The molecular weight excluding hydrogens is 424 g/mol. The van der Waals surface area contributed by atoms with Crippen molar-refractivity contribution >= 4 is 12.0 Å². The van der Waals surface area contributed by atoms with Gasteiger partial charge in [0.25, 0.3) is 12.0 Å². The molecule has 0 aliphatic carbocycles. The average Bonchev–Trinajstić information content (AvgIpc) is 3.01. The third-order valence-electron chi connectivity index (χ3n) is 5.87. The molecule has 33 heavy (non-hydrogen) atoms. The molecule has 1 saturated heterocycles. The number of hydrogen-bond acceptors (Lipinski definition) is 6. The minimum absolute atomic E-state index is 0.105. The highest BCUT2D eigenvalue weighted by molar-refractivity contribution is 5.95. The molecule has 8 heteroatoms. The number of rotatable bonds is 8. The summed E-state index contributed by atoms with van der Waals surface area (Å²) in [6.07, 6.45) is 0.826. The van der Waals surface area contributed by atoms with Gasteiger partial charge < -0.3 is 24.7 Å². The monoisotopic (exact) mass is 456 g/mol. The van der Waals surface area contributed by atoms with Crippen molar-refractivity contribution in [1.82, 2.24) is 5.32 Å². The van der Waals surface area contributed by atoms with E-state index >= 15 is 0 Å². The van der Waals surface area contributed by atoms with Crippen molar-refractivity contribution in [3.8, 4) is 5.75 Å². The summed E-state index contributed by atoms with van der Waals surface area (Å²) in [6.45, 7) is 4.42. The maximum atomic E-state index is 13.0. The van der Waals surface area contributed by atoms with Crippen LogP contribution in [-0.4, -0.2) is 49.7 Å². The lowest BCUT2D eigenvalue weighted by molar-refractivity contribution is -1.06. The summed E-state index contributed by atoms with van der Waals surface area (Å²) >= 11 is 0. The molecule has 1 aliphatic heterocycles.